The zero-order valence-corrected chi connectivity index (χ0v) is 13.6. The normalized spacial score (nSPS) is 12.1. The molecule has 116 valence electrons. The minimum absolute atomic E-state index is 0.495. The molecule has 0 radical (unpaired) electrons. The lowest BCUT2D eigenvalue weighted by atomic mass is 10.2. The fraction of sp³-hybridized carbons (Fsp3) is 0.818. The van der Waals surface area contributed by atoms with E-state index in [2.05, 4.69) is 0 Å². The summed E-state index contributed by atoms with van der Waals surface area (Å²) in [6, 6.07) is -1.38. The Labute approximate surface area is 123 Å². The predicted octanol–water partition coefficient (Wildman–Crippen LogP) is 1.63. The summed E-state index contributed by atoms with van der Waals surface area (Å²) in [6.45, 7) is 5.73. The Kier molecular flexibility index (Phi) is 21.8. The van der Waals surface area contributed by atoms with Crippen molar-refractivity contribution in [1.29, 1.82) is 0 Å². The predicted molar refractivity (Wildman–Crippen MR) is 83.5 cm³/mol. The largest absolute Gasteiger partial charge is 0.480 e. The van der Waals surface area contributed by atoms with E-state index in [-0.39, 0.29) is 0 Å². The van der Waals surface area contributed by atoms with Gasteiger partial charge in [-0.05, 0) is 19.1 Å². The minimum atomic E-state index is -0.928. The summed E-state index contributed by atoms with van der Waals surface area (Å²) >= 11 is 0. The number of nitrogens with two attached hydrogens (primary N) is 2. The Bertz CT molecular complexity index is 231. The van der Waals surface area contributed by atoms with Gasteiger partial charge in [0.25, 0.3) is 0 Å². The minimum Gasteiger partial charge on any atom is -0.480 e. The van der Waals surface area contributed by atoms with Gasteiger partial charge in [-0.2, -0.15) is 0 Å². The van der Waals surface area contributed by atoms with Crippen LogP contribution in [0.2, 0.25) is 0 Å². The molecule has 19 heavy (non-hydrogen) atoms. The molecule has 0 aliphatic rings. The highest BCUT2D eigenvalue weighted by atomic mass is 33.1. The number of hydrogen-bond donors (Lipinski definition) is 4. The van der Waals surface area contributed by atoms with E-state index in [0.717, 1.165) is 5.75 Å². The smallest absolute Gasteiger partial charge is 0.320 e. The zero-order valence-electron chi connectivity index (χ0n) is 12.0. The molecular formula is C11H26N2O4S2. The van der Waals surface area contributed by atoms with Crippen molar-refractivity contribution in [2.75, 3.05) is 12.0 Å². The van der Waals surface area contributed by atoms with Crippen LogP contribution in [0.3, 0.4) is 0 Å². The maximum Gasteiger partial charge on any atom is 0.320 e. The molecule has 0 aromatic rings. The van der Waals surface area contributed by atoms with Crippen LogP contribution < -0.4 is 11.5 Å². The molecule has 0 aliphatic carbocycles. The molecule has 2 unspecified atom stereocenters. The van der Waals surface area contributed by atoms with Crippen LogP contribution in [0.5, 0.6) is 0 Å². The van der Waals surface area contributed by atoms with E-state index in [1.54, 1.807) is 28.5 Å². The maximum atomic E-state index is 10.2. The van der Waals surface area contributed by atoms with Crippen LogP contribution in [-0.2, 0) is 9.59 Å². The van der Waals surface area contributed by atoms with Crippen molar-refractivity contribution in [3.05, 3.63) is 0 Å². The van der Waals surface area contributed by atoms with E-state index in [9.17, 15) is 9.59 Å². The Balaban J connectivity index is -0.000000249. The van der Waals surface area contributed by atoms with Gasteiger partial charge in [0.1, 0.15) is 12.1 Å². The van der Waals surface area contributed by atoms with Crippen molar-refractivity contribution in [3.63, 3.8) is 0 Å². The first-order chi connectivity index (χ1) is 8.86. The summed E-state index contributed by atoms with van der Waals surface area (Å²) in [5, 5.41) is 16.4. The summed E-state index contributed by atoms with van der Waals surface area (Å²) in [7, 11) is 3.25. The van der Waals surface area contributed by atoms with Gasteiger partial charge in [-0.3, -0.25) is 9.59 Å². The molecule has 0 fully saturated rings. The molecule has 6 N–H and O–H groups in total. The van der Waals surface area contributed by atoms with Gasteiger partial charge >= 0.3 is 11.9 Å². The van der Waals surface area contributed by atoms with Crippen LogP contribution >= 0.6 is 21.6 Å². The molecular weight excluding hydrogens is 288 g/mol. The number of rotatable bonds is 7. The number of hydrogen-bond acceptors (Lipinski definition) is 6. The third-order valence-electron chi connectivity index (χ3n) is 1.70. The molecule has 0 aliphatic heterocycles. The summed E-state index contributed by atoms with van der Waals surface area (Å²) in [5.74, 6) is -1.04. The molecule has 8 heteroatoms. The third kappa shape index (κ3) is 20.1. The Morgan fingerprint density at radius 1 is 1.11 bits per heavy atom. The van der Waals surface area contributed by atoms with Gasteiger partial charge in [0.2, 0.25) is 0 Å². The van der Waals surface area contributed by atoms with Gasteiger partial charge in [-0.1, -0.05) is 42.4 Å². The molecule has 0 amide bonds. The molecule has 0 spiro atoms. The quantitative estimate of drug-likeness (QED) is 0.412. The highest BCUT2D eigenvalue weighted by molar-refractivity contribution is 8.76. The summed E-state index contributed by atoms with van der Waals surface area (Å²) in [5.41, 5.74) is 10.3. The molecule has 0 heterocycles. The first kappa shape index (κ1) is 23.6. The number of carbonyl (C=O) groups is 2. The molecule has 0 bridgehead atoms. The lowest BCUT2D eigenvalue weighted by Gasteiger charge is -2.03. The second-order valence-corrected chi connectivity index (χ2v) is 5.76. The van der Waals surface area contributed by atoms with Gasteiger partial charge in [0, 0.05) is 5.75 Å². The van der Waals surface area contributed by atoms with Gasteiger partial charge in [-0.25, -0.2) is 0 Å². The van der Waals surface area contributed by atoms with Crippen LogP contribution in [0.1, 0.15) is 33.6 Å². The van der Waals surface area contributed by atoms with Gasteiger partial charge < -0.3 is 21.7 Å². The van der Waals surface area contributed by atoms with Crippen LogP contribution in [0, 0.1) is 0 Å². The highest BCUT2D eigenvalue weighted by Gasteiger charge is 2.09. The van der Waals surface area contributed by atoms with E-state index in [1.165, 1.54) is 0 Å². The van der Waals surface area contributed by atoms with Crippen LogP contribution in [0.4, 0.5) is 0 Å². The average Bonchev–Trinajstić information content (AvgIpc) is 2.40. The highest BCUT2D eigenvalue weighted by Crippen LogP contribution is 2.17. The number of carboxylic acid groups (broad SMARTS) is 2. The first-order valence-corrected chi connectivity index (χ1v) is 8.71. The topological polar surface area (TPSA) is 127 Å². The van der Waals surface area contributed by atoms with Gasteiger partial charge in [0.05, 0.1) is 0 Å². The fourth-order valence-electron chi connectivity index (χ4n) is 0.557. The van der Waals surface area contributed by atoms with Crippen molar-refractivity contribution in [3.8, 4) is 0 Å². The lowest BCUT2D eigenvalue weighted by molar-refractivity contribution is -0.139. The summed E-state index contributed by atoms with van der Waals surface area (Å²) in [6.07, 6.45) is 2.99. The van der Waals surface area contributed by atoms with Gasteiger partial charge in [-0.15, -0.1) is 0 Å². The first-order valence-electron chi connectivity index (χ1n) is 5.99. The van der Waals surface area contributed by atoms with E-state index < -0.39 is 24.0 Å². The third-order valence-corrected chi connectivity index (χ3v) is 3.55. The Morgan fingerprint density at radius 3 is 1.74 bits per heavy atom. The molecule has 2 atom stereocenters. The molecule has 0 rings (SSSR count). The lowest BCUT2D eigenvalue weighted by Crippen LogP contribution is -2.30. The Hall–Kier alpha value is -0.440. The fourth-order valence-corrected chi connectivity index (χ4v) is 1.86. The average molecular weight is 314 g/mol. The summed E-state index contributed by atoms with van der Waals surface area (Å²) < 4.78 is 0. The van der Waals surface area contributed by atoms with Crippen molar-refractivity contribution in [2.45, 2.75) is 45.7 Å². The summed E-state index contributed by atoms with van der Waals surface area (Å²) in [4.78, 5) is 20.0. The molecule has 0 saturated carbocycles. The Morgan fingerprint density at radius 2 is 1.53 bits per heavy atom. The van der Waals surface area contributed by atoms with Crippen LogP contribution in [-0.4, -0.2) is 46.2 Å². The van der Waals surface area contributed by atoms with E-state index in [4.69, 9.17) is 21.7 Å². The van der Waals surface area contributed by atoms with Crippen molar-refractivity contribution >= 4 is 33.5 Å². The second-order valence-electron chi connectivity index (χ2n) is 3.08. The van der Waals surface area contributed by atoms with Crippen molar-refractivity contribution in [2.24, 2.45) is 11.5 Å². The van der Waals surface area contributed by atoms with E-state index in [1.807, 2.05) is 20.1 Å². The number of carboxylic acids is 2. The number of aliphatic carboxylic acids is 2. The molecule has 0 aromatic carbocycles. The SMILES string of the molecule is CC.CCC(N)C(=O)O.CSSCCC(N)C(=O)O. The van der Waals surface area contributed by atoms with Crippen LogP contribution in [0.15, 0.2) is 0 Å². The van der Waals surface area contributed by atoms with Gasteiger partial charge in [0.15, 0.2) is 0 Å². The van der Waals surface area contributed by atoms with Crippen LogP contribution in [0.25, 0.3) is 0 Å². The van der Waals surface area contributed by atoms with Crippen molar-refractivity contribution < 1.29 is 19.8 Å². The van der Waals surface area contributed by atoms with E-state index >= 15 is 0 Å². The second kappa shape index (κ2) is 17.6. The molecule has 0 saturated heterocycles. The van der Waals surface area contributed by atoms with Crippen molar-refractivity contribution in [1.82, 2.24) is 0 Å². The molecule has 6 nitrogen and oxygen atoms in total. The standard InChI is InChI=1S/C5H11NO2S2.C4H9NO2.C2H6/c1-9-10-3-2-4(6)5(7)8;1-2-3(5)4(6)7;1-2/h4H,2-3,6H2,1H3,(H,7,8);3H,2,5H2,1H3,(H,6,7);1-2H3. The zero-order chi connectivity index (χ0) is 15.8. The van der Waals surface area contributed by atoms with E-state index in [0.29, 0.717) is 12.8 Å². The monoisotopic (exact) mass is 314 g/mol. The maximum absolute atomic E-state index is 10.2. The molecule has 0 aromatic heterocycles.